The van der Waals surface area contributed by atoms with Crippen LogP contribution in [0.3, 0.4) is 0 Å². The van der Waals surface area contributed by atoms with Crippen molar-refractivity contribution < 1.29 is 9.59 Å². The first kappa shape index (κ1) is 17.0. The van der Waals surface area contributed by atoms with E-state index < -0.39 is 6.04 Å². The fraction of sp³-hybridized carbons (Fsp3) is 0.867. The minimum absolute atomic E-state index is 0.0519. The van der Waals surface area contributed by atoms with Crippen LogP contribution in [0.4, 0.5) is 0 Å². The second kappa shape index (κ2) is 6.57. The zero-order valence-electron chi connectivity index (χ0n) is 13.3. The van der Waals surface area contributed by atoms with Crippen LogP contribution in [0.5, 0.6) is 0 Å². The van der Waals surface area contributed by atoms with Gasteiger partial charge >= 0.3 is 0 Å². The molecule has 1 saturated carbocycles. The molecule has 0 spiro atoms. The van der Waals surface area contributed by atoms with Gasteiger partial charge in [-0.3, -0.25) is 9.59 Å². The van der Waals surface area contributed by atoms with Gasteiger partial charge in [-0.1, -0.05) is 6.92 Å². The van der Waals surface area contributed by atoms with Gasteiger partial charge < -0.3 is 16.4 Å². The van der Waals surface area contributed by atoms with Crippen LogP contribution in [0.15, 0.2) is 0 Å². The fourth-order valence-electron chi connectivity index (χ4n) is 2.47. The zero-order valence-corrected chi connectivity index (χ0v) is 13.3. The Bertz CT molecular complexity index is 363. The van der Waals surface area contributed by atoms with Gasteiger partial charge in [-0.05, 0) is 52.9 Å². The summed E-state index contributed by atoms with van der Waals surface area (Å²) in [7, 11) is 0. The first-order valence-corrected chi connectivity index (χ1v) is 7.48. The summed E-state index contributed by atoms with van der Waals surface area (Å²) < 4.78 is 0. The molecule has 0 aliphatic heterocycles. The van der Waals surface area contributed by atoms with E-state index in [0.29, 0.717) is 12.3 Å². The van der Waals surface area contributed by atoms with Gasteiger partial charge in [-0.25, -0.2) is 0 Å². The lowest BCUT2D eigenvalue weighted by Crippen LogP contribution is -2.52. The molecule has 0 aromatic carbocycles. The number of carbonyl (C=O) groups is 2. The number of nitrogens with two attached hydrogens (primary N) is 1. The molecule has 116 valence electrons. The number of hydrogen-bond acceptors (Lipinski definition) is 3. The maximum absolute atomic E-state index is 12.2. The Morgan fingerprint density at radius 3 is 2.35 bits per heavy atom. The average Bonchev–Trinajstić information content (AvgIpc) is 2.30. The zero-order chi connectivity index (χ0) is 15.5. The summed E-state index contributed by atoms with van der Waals surface area (Å²) in [5.41, 5.74) is 5.73. The van der Waals surface area contributed by atoms with Crippen LogP contribution in [0, 0.1) is 11.8 Å². The molecule has 4 atom stereocenters. The number of nitrogens with one attached hydrogen (secondary N) is 2. The molecule has 2 amide bonds. The molecular weight excluding hydrogens is 254 g/mol. The van der Waals surface area contributed by atoms with Crippen LogP contribution in [-0.2, 0) is 9.59 Å². The summed E-state index contributed by atoms with van der Waals surface area (Å²) in [6.07, 6.45) is 2.54. The molecular formula is C15H29N3O2. The molecule has 4 unspecified atom stereocenters. The van der Waals surface area contributed by atoms with Crippen LogP contribution in [-0.4, -0.2) is 29.4 Å². The molecule has 1 aliphatic rings. The van der Waals surface area contributed by atoms with E-state index in [4.69, 9.17) is 5.73 Å². The fourth-order valence-corrected chi connectivity index (χ4v) is 2.47. The minimum atomic E-state index is -0.516. The lowest BCUT2D eigenvalue weighted by atomic mass is 9.79. The lowest BCUT2D eigenvalue weighted by molar-refractivity contribution is -0.132. The maximum Gasteiger partial charge on any atom is 0.242 e. The monoisotopic (exact) mass is 283 g/mol. The molecule has 1 fully saturated rings. The number of carbonyl (C=O) groups excluding carboxylic acids is 2. The van der Waals surface area contributed by atoms with Crippen LogP contribution < -0.4 is 16.4 Å². The highest BCUT2D eigenvalue weighted by atomic mass is 16.2. The summed E-state index contributed by atoms with van der Waals surface area (Å²) in [6.45, 7) is 9.59. The normalized spacial score (nSPS) is 28.6. The van der Waals surface area contributed by atoms with Crippen LogP contribution in [0.1, 0.15) is 53.9 Å². The molecule has 0 saturated heterocycles. The van der Waals surface area contributed by atoms with Crippen LogP contribution in [0.2, 0.25) is 0 Å². The Kier molecular flexibility index (Phi) is 5.57. The van der Waals surface area contributed by atoms with Crippen LogP contribution >= 0.6 is 0 Å². The summed E-state index contributed by atoms with van der Waals surface area (Å²) in [4.78, 5) is 24.1. The Hall–Kier alpha value is -1.10. The molecule has 20 heavy (non-hydrogen) atoms. The van der Waals surface area contributed by atoms with Crippen molar-refractivity contribution in [2.24, 2.45) is 17.6 Å². The van der Waals surface area contributed by atoms with Gasteiger partial charge in [0.25, 0.3) is 0 Å². The van der Waals surface area contributed by atoms with Gasteiger partial charge in [0.2, 0.25) is 11.8 Å². The smallest absolute Gasteiger partial charge is 0.242 e. The van der Waals surface area contributed by atoms with Crippen molar-refractivity contribution in [1.82, 2.24) is 10.6 Å². The Morgan fingerprint density at radius 2 is 1.85 bits per heavy atom. The Labute approximate surface area is 122 Å². The average molecular weight is 283 g/mol. The Morgan fingerprint density at radius 1 is 1.25 bits per heavy atom. The van der Waals surface area contributed by atoms with Gasteiger partial charge in [0.05, 0.1) is 0 Å². The van der Waals surface area contributed by atoms with Crippen molar-refractivity contribution in [2.75, 3.05) is 0 Å². The van der Waals surface area contributed by atoms with E-state index in [1.54, 1.807) is 6.92 Å². The predicted molar refractivity (Wildman–Crippen MR) is 80.0 cm³/mol. The summed E-state index contributed by atoms with van der Waals surface area (Å²) in [5, 5.41) is 5.67. The molecule has 4 N–H and O–H groups in total. The number of amides is 2. The standard InChI is InChI=1S/C15H29N3O2/c1-9-6-7-11(8-12(9)16)14(20)17-10(2)13(19)18-15(3,4)5/h9-12H,6-8,16H2,1-5H3,(H,17,20)(H,18,19). The number of hydrogen-bond donors (Lipinski definition) is 3. The van der Waals surface area contributed by atoms with Gasteiger partial charge in [-0.15, -0.1) is 0 Å². The third-order valence-electron chi connectivity index (χ3n) is 3.88. The molecule has 0 radical (unpaired) electrons. The molecule has 0 aromatic rings. The van der Waals surface area contributed by atoms with Gasteiger partial charge in [0.1, 0.15) is 6.04 Å². The molecule has 0 heterocycles. The highest BCUT2D eigenvalue weighted by Gasteiger charge is 2.31. The summed E-state index contributed by atoms with van der Waals surface area (Å²) >= 11 is 0. The van der Waals surface area contributed by atoms with E-state index >= 15 is 0 Å². The SMILES string of the molecule is CC(NC(=O)C1CCC(C)C(N)C1)C(=O)NC(C)(C)C. The first-order chi connectivity index (χ1) is 9.10. The van der Waals surface area contributed by atoms with Crippen molar-refractivity contribution in [3.63, 3.8) is 0 Å². The van der Waals surface area contributed by atoms with E-state index in [2.05, 4.69) is 17.6 Å². The minimum Gasteiger partial charge on any atom is -0.350 e. The van der Waals surface area contributed by atoms with E-state index in [9.17, 15) is 9.59 Å². The highest BCUT2D eigenvalue weighted by molar-refractivity contribution is 5.88. The molecule has 0 bridgehead atoms. The lowest BCUT2D eigenvalue weighted by Gasteiger charge is -2.32. The molecule has 5 heteroatoms. The van der Waals surface area contributed by atoms with Crippen molar-refractivity contribution in [2.45, 2.75) is 71.5 Å². The van der Waals surface area contributed by atoms with Crippen molar-refractivity contribution >= 4 is 11.8 Å². The molecule has 0 aromatic heterocycles. The quantitative estimate of drug-likeness (QED) is 0.727. The molecule has 1 rings (SSSR count). The third-order valence-corrected chi connectivity index (χ3v) is 3.88. The Balaban J connectivity index is 2.47. The van der Waals surface area contributed by atoms with Gasteiger partial charge in [0, 0.05) is 17.5 Å². The summed E-state index contributed by atoms with van der Waals surface area (Å²) in [5.74, 6) is 0.204. The largest absolute Gasteiger partial charge is 0.350 e. The van der Waals surface area contributed by atoms with Gasteiger partial charge in [-0.2, -0.15) is 0 Å². The predicted octanol–water partition coefficient (Wildman–Crippen LogP) is 1.17. The van der Waals surface area contributed by atoms with Gasteiger partial charge in [0.15, 0.2) is 0 Å². The van der Waals surface area contributed by atoms with E-state index in [1.165, 1.54) is 0 Å². The molecule has 5 nitrogen and oxygen atoms in total. The van der Waals surface area contributed by atoms with Crippen molar-refractivity contribution in [3.05, 3.63) is 0 Å². The topological polar surface area (TPSA) is 84.2 Å². The van der Waals surface area contributed by atoms with Crippen LogP contribution in [0.25, 0.3) is 0 Å². The van der Waals surface area contributed by atoms with Crippen molar-refractivity contribution in [1.29, 1.82) is 0 Å². The number of rotatable bonds is 3. The molecule has 1 aliphatic carbocycles. The third kappa shape index (κ3) is 5.12. The van der Waals surface area contributed by atoms with Crippen molar-refractivity contribution in [3.8, 4) is 0 Å². The maximum atomic E-state index is 12.2. The second-order valence-electron chi connectivity index (χ2n) is 7.12. The van der Waals surface area contributed by atoms with E-state index in [1.807, 2.05) is 20.8 Å². The first-order valence-electron chi connectivity index (χ1n) is 7.48. The highest BCUT2D eigenvalue weighted by Crippen LogP contribution is 2.27. The second-order valence-corrected chi connectivity index (χ2v) is 7.12. The van der Waals surface area contributed by atoms with E-state index in [-0.39, 0.29) is 29.3 Å². The summed E-state index contributed by atoms with van der Waals surface area (Å²) in [6, 6.07) is -0.435. The van der Waals surface area contributed by atoms with E-state index in [0.717, 1.165) is 12.8 Å².